The van der Waals surface area contributed by atoms with Gasteiger partial charge in [-0.05, 0) is 12.1 Å². The average Bonchev–Trinajstić information content (AvgIpc) is 2.73. The molecule has 0 saturated carbocycles. The number of nitrogens with zero attached hydrogens (tertiary/aromatic N) is 2. The van der Waals surface area contributed by atoms with Gasteiger partial charge in [-0.1, -0.05) is 6.07 Å². The van der Waals surface area contributed by atoms with Crippen molar-refractivity contribution in [3.05, 3.63) is 45.7 Å². The summed E-state index contributed by atoms with van der Waals surface area (Å²) in [7, 11) is 1.66. The lowest BCUT2D eigenvalue weighted by molar-refractivity contribution is 0.181. The molecule has 0 unspecified atom stereocenters. The number of hydrogen-bond acceptors (Lipinski definition) is 5. The highest BCUT2D eigenvalue weighted by Crippen LogP contribution is 2.20. The fourth-order valence-corrected chi connectivity index (χ4v) is 2.55. The fourth-order valence-electron chi connectivity index (χ4n) is 1.58. The van der Waals surface area contributed by atoms with Crippen LogP contribution in [0.2, 0.25) is 0 Å². The molecule has 17 heavy (non-hydrogen) atoms. The molecule has 0 radical (unpaired) electrons. The molecule has 2 N–H and O–H groups in total. The van der Waals surface area contributed by atoms with E-state index in [1.165, 1.54) is 0 Å². The van der Waals surface area contributed by atoms with Crippen LogP contribution >= 0.6 is 11.3 Å². The fraction of sp³-hybridized carbons (Fsp3) is 0.333. The molecule has 2 aromatic heterocycles. The van der Waals surface area contributed by atoms with E-state index in [0.29, 0.717) is 13.2 Å². The topological polar surface area (TPSA) is 61.0 Å². The number of aromatic nitrogens is 2. The summed E-state index contributed by atoms with van der Waals surface area (Å²) >= 11 is 1.64. The maximum absolute atomic E-state index is 5.69. The van der Waals surface area contributed by atoms with Gasteiger partial charge in [-0.15, -0.1) is 11.3 Å². The maximum atomic E-state index is 5.69. The molecule has 4 nitrogen and oxygen atoms in total. The molecule has 90 valence electrons. The van der Waals surface area contributed by atoms with E-state index in [0.717, 1.165) is 27.7 Å². The van der Waals surface area contributed by atoms with Gasteiger partial charge in [0.25, 0.3) is 0 Å². The monoisotopic (exact) mass is 249 g/mol. The predicted molar refractivity (Wildman–Crippen MR) is 67.8 cm³/mol. The second kappa shape index (κ2) is 5.86. The summed E-state index contributed by atoms with van der Waals surface area (Å²) in [5, 5.41) is 1.04. The maximum Gasteiger partial charge on any atom is 0.0992 e. The van der Waals surface area contributed by atoms with Gasteiger partial charge in [0.15, 0.2) is 0 Å². The normalized spacial score (nSPS) is 10.7. The van der Waals surface area contributed by atoms with Gasteiger partial charge in [0, 0.05) is 36.8 Å². The smallest absolute Gasteiger partial charge is 0.0992 e. The van der Waals surface area contributed by atoms with Crippen LogP contribution in [0.15, 0.2) is 24.4 Å². The standard InChI is InChI=1S/C12H15N3OS/c1-16-8-10-11(7-13)17-12(15-10)6-9-4-2-3-5-14-9/h2-5H,6-8,13H2,1H3. The van der Waals surface area contributed by atoms with Gasteiger partial charge in [0.05, 0.1) is 17.3 Å². The van der Waals surface area contributed by atoms with Crippen LogP contribution < -0.4 is 5.73 Å². The zero-order valence-electron chi connectivity index (χ0n) is 9.72. The minimum Gasteiger partial charge on any atom is -0.378 e. The summed E-state index contributed by atoms with van der Waals surface area (Å²) in [6.07, 6.45) is 2.55. The molecule has 2 rings (SSSR count). The van der Waals surface area contributed by atoms with Crippen LogP contribution in [0.25, 0.3) is 0 Å². The van der Waals surface area contributed by atoms with E-state index in [-0.39, 0.29) is 0 Å². The summed E-state index contributed by atoms with van der Waals surface area (Å²) < 4.78 is 5.11. The molecular weight excluding hydrogens is 234 g/mol. The Morgan fingerprint density at radius 1 is 1.41 bits per heavy atom. The van der Waals surface area contributed by atoms with Crippen LogP contribution in [0, 0.1) is 0 Å². The van der Waals surface area contributed by atoms with Gasteiger partial charge in [-0.25, -0.2) is 4.98 Å². The molecule has 0 amide bonds. The average molecular weight is 249 g/mol. The summed E-state index contributed by atoms with van der Waals surface area (Å²) in [6, 6.07) is 5.89. The summed E-state index contributed by atoms with van der Waals surface area (Å²) in [5.74, 6) is 0. The third kappa shape index (κ3) is 3.09. The van der Waals surface area contributed by atoms with Crippen molar-refractivity contribution in [1.29, 1.82) is 0 Å². The van der Waals surface area contributed by atoms with E-state index < -0.39 is 0 Å². The number of pyridine rings is 1. The Bertz CT molecular complexity index is 470. The van der Waals surface area contributed by atoms with Crippen molar-refractivity contribution in [2.45, 2.75) is 19.6 Å². The zero-order valence-corrected chi connectivity index (χ0v) is 10.5. The molecule has 2 heterocycles. The van der Waals surface area contributed by atoms with Crippen molar-refractivity contribution in [2.24, 2.45) is 5.73 Å². The van der Waals surface area contributed by atoms with E-state index in [2.05, 4.69) is 9.97 Å². The van der Waals surface area contributed by atoms with Crippen molar-refractivity contribution in [3.63, 3.8) is 0 Å². The van der Waals surface area contributed by atoms with Crippen LogP contribution in [0.5, 0.6) is 0 Å². The van der Waals surface area contributed by atoms with Crippen LogP contribution in [0.1, 0.15) is 21.3 Å². The van der Waals surface area contributed by atoms with Gasteiger partial charge in [0.2, 0.25) is 0 Å². The molecule has 0 aliphatic heterocycles. The zero-order chi connectivity index (χ0) is 12.1. The van der Waals surface area contributed by atoms with E-state index in [1.807, 2.05) is 18.2 Å². The van der Waals surface area contributed by atoms with Crippen molar-refractivity contribution < 1.29 is 4.74 Å². The molecule has 0 aromatic carbocycles. The highest BCUT2D eigenvalue weighted by atomic mass is 32.1. The molecule has 0 bridgehead atoms. The van der Waals surface area contributed by atoms with Crippen molar-refractivity contribution >= 4 is 11.3 Å². The third-order valence-electron chi connectivity index (χ3n) is 2.35. The number of ether oxygens (including phenoxy) is 1. The van der Waals surface area contributed by atoms with E-state index in [1.54, 1.807) is 24.6 Å². The first-order valence-electron chi connectivity index (χ1n) is 5.40. The van der Waals surface area contributed by atoms with E-state index in [4.69, 9.17) is 10.5 Å². The summed E-state index contributed by atoms with van der Waals surface area (Å²) in [4.78, 5) is 9.92. The SMILES string of the molecule is COCc1nc(Cc2ccccn2)sc1CN. The number of nitrogens with two attached hydrogens (primary N) is 1. The lowest BCUT2D eigenvalue weighted by Crippen LogP contribution is -1.99. The number of thiazole rings is 1. The van der Waals surface area contributed by atoms with Gasteiger partial charge >= 0.3 is 0 Å². The lowest BCUT2D eigenvalue weighted by Gasteiger charge is -1.96. The lowest BCUT2D eigenvalue weighted by atomic mass is 10.3. The molecule has 0 spiro atoms. The van der Waals surface area contributed by atoms with Crippen LogP contribution in [0.4, 0.5) is 0 Å². The highest BCUT2D eigenvalue weighted by molar-refractivity contribution is 7.11. The Morgan fingerprint density at radius 2 is 2.29 bits per heavy atom. The predicted octanol–water partition coefficient (Wildman–Crippen LogP) is 1.73. The van der Waals surface area contributed by atoms with Crippen LogP contribution in [0.3, 0.4) is 0 Å². The van der Waals surface area contributed by atoms with Crippen molar-refractivity contribution in [3.8, 4) is 0 Å². The first-order chi connectivity index (χ1) is 8.33. The molecule has 0 aliphatic rings. The quantitative estimate of drug-likeness (QED) is 0.876. The highest BCUT2D eigenvalue weighted by Gasteiger charge is 2.10. The van der Waals surface area contributed by atoms with Gasteiger partial charge in [0.1, 0.15) is 0 Å². The summed E-state index contributed by atoms with van der Waals surface area (Å²) in [6.45, 7) is 1.03. The van der Waals surface area contributed by atoms with Crippen LogP contribution in [-0.4, -0.2) is 17.1 Å². The molecular formula is C12H15N3OS. The molecule has 0 saturated heterocycles. The molecule has 0 atom stereocenters. The minimum atomic E-state index is 0.512. The Kier molecular flexibility index (Phi) is 4.19. The molecule has 0 aliphatic carbocycles. The number of hydrogen-bond donors (Lipinski definition) is 1. The van der Waals surface area contributed by atoms with Gasteiger partial charge in [-0.2, -0.15) is 0 Å². The van der Waals surface area contributed by atoms with Gasteiger partial charge in [-0.3, -0.25) is 4.98 Å². The minimum absolute atomic E-state index is 0.512. The third-order valence-corrected chi connectivity index (χ3v) is 3.47. The number of rotatable bonds is 5. The Labute approximate surface area is 104 Å². The Balaban J connectivity index is 2.16. The van der Waals surface area contributed by atoms with E-state index >= 15 is 0 Å². The Morgan fingerprint density at radius 3 is 2.94 bits per heavy atom. The van der Waals surface area contributed by atoms with Crippen LogP contribution in [-0.2, 0) is 24.3 Å². The van der Waals surface area contributed by atoms with Gasteiger partial charge < -0.3 is 10.5 Å². The molecule has 2 aromatic rings. The van der Waals surface area contributed by atoms with Crippen molar-refractivity contribution in [2.75, 3.05) is 7.11 Å². The van der Waals surface area contributed by atoms with Crippen molar-refractivity contribution in [1.82, 2.24) is 9.97 Å². The van der Waals surface area contributed by atoms with E-state index in [9.17, 15) is 0 Å². The number of methoxy groups -OCH3 is 1. The first-order valence-corrected chi connectivity index (χ1v) is 6.21. The molecule has 5 heteroatoms. The molecule has 0 fully saturated rings. The largest absolute Gasteiger partial charge is 0.378 e. The summed E-state index contributed by atoms with van der Waals surface area (Å²) in [5.41, 5.74) is 7.66. The Hall–Kier alpha value is -1.30. The second-order valence-electron chi connectivity index (χ2n) is 3.61. The first kappa shape index (κ1) is 12.2. The second-order valence-corrected chi connectivity index (χ2v) is 4.78.